The molecule has 0 aliphatic rings. The minimum absolute atomic E-state index is 0.0280. The lowest BCUT2D eigenvalue weighted by Crippen LogP contribution is -2.45. The average molecular weight is 852 g/mol. The van der Waals surface area contributed by atoms with Gasteiger partial charge >= 0.3 is 5.97 Å². The molecule has 0 aromatic heterocycles. The summed E-state index contributed by atoms with van der Waals surface area (Å²) < 4.78 is 95.1. The number of hydrogen-bond acceptors (Lipinski definition) is 14. The predicted octanol–water partition coefficient (Wildman–Crippen LogP) is -1.53. The Morgan fingerprint density at radius 2 is 0.818 bits per heavy atom. The molecule has 0 bridgehead atoms. The monoisotopic (exact) mass is 851 g/mol. The van der Waals surface area contributed by atoms with Gasteiger partial charge in [0.1, 0.15) is 25.0 Å². The van der Waals surface area contributed by atoms with Crippen molar-refractivity contribution in [3.63, 3.8) is 0 Å². The third-order valence-corrected chi connectivity index (χ3v) is 12.0. The predicted molar refractivity (Wildman–Crippen MR) is 193 cm³/mol. The van der Waals surface area contributed by atoms with Gasteiger partial charge in [-0.05, 0) is 60.2 Å². The van der Waals surface area contributed by atoms with Crippen LogP contribution in [0, 0.1) is 0 Å². The Bertz CT molecular complexity index is 2070. The summed E-state index contributed by atoms with van der Waals surface area (Å²) in [6.45, 7) is -1.32. The van der Waals surface area contributed by atoms with Crippen LogP contribution in [0.3, 0.4) is 0 Å². The molecule has 0 aliphatic heterocycles. The third kappa shape index (κ3) is 14.9. The summed E-state index contributed by atoms with van der Waals surface area (Å²) in [5, 5.41) is 35.2. The topological polar surface area (TPSA) is 347 Å². The van der Waals surface area contributed by atoms with Crippen LogP contribution in [-0.2, 0) is 44.9 Å². The normalized spacial score (nSPS) is 14.2. The Labute approximate surface area is 314 Å². The van der Waals surface area contributed by atoms with E-state index in [0.29, 0.717) is 15.9 Å². The van der Waals surface area contributed by atoms with Gasteiger partial charge in [0.25, 0.3) is 48.1 Å². The number of rotatable bonds is 20. The molecule has 3 aromatic rings. The molecule has 3 unspecified atom stereocenters. The molecular weight excluding hydrogens is 818 g/mol. The van der Waals surface area contributed by atoms with Gasteiger partial charge in [0, 0.05) is 16.7 Å². The Morgan fingerprint density at radius 1 is 0.527 bits per heavy atom. The maximum absolute atomic E-state index is 12.9. The van der Waals surface area contributed by atoms with Crippen molar-refractivity contribution < 1.29 is 83.5 Å². The number of carboxylic acids is 1. The van der Waals surface area contributed by atoms with Crippen molar-refractivity contribution in [2.75, 3.05) is 30.5 Å². The number of nitrogens with one attached hydrogen (secondary N) is 3. The summed E-state index contributed by atoms with van der Waals surface area (Å²) in [6, 6.07) is 12.7. The number of hydrogen-bond donors (Lipinski definition) is 9. The highest BCUT2D eigenvalue weighted by Crippen LogP contribution is 2.33. The summed E-state index contributed by atoms with van der Waals surface area (Å²) >= 11 is 0. The minimum atomic E-state index is -4.77. The van der Waals surface area contributed by atoms with E-state index in [-0.39, 0.29) is 16.7 Å². The van der Waals surface area contributed by atoms with Gasteiger partial charge in [-0.25, -0.2) is 14.6 Å². The van der Waals surface area contributed by atoms with Crippen LogP contribution in [0.15, 0.2) is 72.8 Å². The van der Waals surface area contributed by atoms with E-state index in [9.17, 15) is 49.5 Å². The maximum atomic E-state index is 12.9. The Morgan fingerprint density at radius 3 is 1.07 bits per heavy atom. The minimum Gasteiger partial charge on any atom is -0.480 e. The number of aliphatic carboxylic acids is 1. The zero-order valence-electron chi connectivity index (χ0n) is 28.0. The molecule has 9 N–H and O–H groups in total. The largest absolute Gasteiger partial charge is 0.480 e. The van der Waals surface area contributed by atoms with Gasteiger partial charge in [-0.2, -0.15) is 25.3 Å². The SMILES string of the molecule is O=C(NC(COO)CS(=O)(=O)O)c1ccc(P(c2ccc(C(=O)NC(COO)CS(=O)(=O)O)cc2)c2ccc(C(=O)NC(CS(=O)(=O)O)C(=O)O)cc2)cc1. The van der Waals surface area contributed by atoms with Crippen molar-refractivity contribution in [3.8, 4) is 0 Å². The Hall–Kier alpha value is -4.46. The van der Waals surface area contributed by atoms with E-state index in [2.05, 4.69) is 20.4 Å². The molecule has 3 aromatic carbocycles. The van der Waals surface area contributed by atoms with Gasteiger partial charge in [-0.1, -0.05) is 36.4 Å². The van der Waals surface area contributed by atoms with E-state index in [4.69, 9.17) is 24.2 Å². The second-order valence-electron chi connectivity index (χ2n) is 11.5. The van der Waals surface area contributed by atoms with E-state index in [1.807, 2.05) is 5.32 Å². The van der Waals surface area contributed by atoms with Crippen LogP contribution in [0.25, 0.3) is 0 Å². The summed E-state index contributed by atoms with van der Waals surface area (Å²) in [5.41, 5.74) is -0.0302. The number of carboxylic acid groups (broad SMARTS) is 1. The second-order valence-corrected chi connectivity index (χ2v) is 18.2. The summed E-state index contributed by atoms with van der Waals surface area (Å²) in [7, 11) is -15.5. The average Bonchev–Trinajstić information content (AvgIpc) is 3.07. The van der Waals surface area contributed by atoms with Crippen molar-refractivity contribution in [1.29, 1.82) is 0 Å². The van der Waals surface area contributed by atoms with E-state index >= 15 is 0 Å². The zero-order chi connectivity index (χ0) is 41.1. The van der Waals surface area contributed by atoms with Crippen LogP contribution in [0.5, 0.6) is 0 Å². The van der Waals surface area contributed by atoms with Crippen molar-refractivity contribution in [1.82, 2.24) is 16.0 Å². The van der Waals surface area contributed by atoms with Crippen LogP contribution in [0.4, 0.5) is 0 Å². The first-order valence-electron chi connectivity index (χ1n) is 15.2. The molecule has 0 radical (unpaired) electrons. The lowest BCUT2D eigenvalue weighted by atomic mass is 10.2. The number of amides is 3. The van der Waals surface area contributed by atoms with Crippen LogP contribution in [-0.4, -0.2) is 127 Å². The molecule has 0 saturated heterocycles. The van der Waals surface area contributed by atoms with Crippen LogP contribution in [0.2, 0.25) is 0 Å². The fraction of sp³-hybridized carbons (Fsp3) is 0.267. The number of carbonyl (C=O) groups is 4. The molecule has 55 heavy (non-hydrogen) atoms. The number of carbonyl (C=O) groups excluding carboxylic acids is 3. The van der Waals surface area contributed by atoms with Gasteiger partial charge in [0.15, 0.2) is 0 Å². The molecular formula is C30H34N3O18PS3. The molecule has 0 saturated carbocycles. The van der Waals surface area contributed by atoms with E-state index in [0.717, 1.165) is 0 Å². The molecule has 0 spiro atoms. The zero-order valence-corrected chi connectivity index (χ0v) is 31.3. The molecule has 21 nitrogen and oxygen atoms in total. The first kappa shape index (κ1) is 44.9. The summed E-state index contributed by atoms with van der Waals surface area (Å²) in [5.74, 6) is -7.48. The maximum Gasteiger partial charge on any atom is 0.327 e. The quantitative estimate of drug-likeness (QED) is 0.0269. The molecule has 0 aliphatic carbocycles. The lowest BCUT2D eigenvalue weighted by molar-refractivity contribution is -0.245. The standard InChI is InChI=1S/C30H34N3O18PS3/c34-27(31-21(13-50-39)15-53(41,42)43)18-1-7-23(8-2-18)52(24-9-3-19(4-10-24)28(35)32-22(14-51-40)16-54(44,45)46)25-11-5-20(6-12-25)29(36)33-26(30(37)38)17-55(47,48)49/h1-12,21-22,26,39-40H,13-17H2,(H,31,34)(H,32,35)(H,33,36)(H,37,38)(H,41,42,43)(H,44,45,46)(H,47,48,49). The van der Waals surface area contributed by atoms with Crippen LogP contribution >= 0.6 is 7.92 Å². The second kappa shape index (κ2) is 19.4. The molecule has 3 atom stereocenters. The first-order valence-corrected chi connectivity index (χ1v) is 21.4. The van der Waals surface area contributed by atoms with E-state index < -0.39 is 111 Å². The van der Waals surface area contributed by atoms with Gasteiger partial charge < -0.3 is 21.1 Å². The van der Waals surface area contributed by atoms with Crippen LogP contribution < -0.4 is 31.9 Å². The molecule has 0 fully saturated rings. The fourth-order valence-electron chi connectivity index (χ4n) is 4.85. The van der Waals surface area contributed by atoms with Gasteiger partial charge in [-0.15, -0.1) is 0 Å². The van der Waals surface area contributed by atoms with E-state index in [1.165, 1.54) is 48.5 Å². The van der Waals surface area contributed by atoms with Gasteiger partial charge in [0.05, 0.1) is 23.6 Å². The highest BCUT2D eigenvalue weighted by Gasteiger charge is 2.27. The van der Waals surface area contributed by atoms with E-state index in [1.54, 1.807) is 24.3 Å². The van der Waals surface area contributed by atoms with Crippen molar-refractivity contribution in [2.24, 2.45) is 0 Å². The highest BCUT2D eigenvalue weighted by molar-refractivity contribution is 7.86. The van der Waals surface area contributed by atoms with Crippen molar-refractivity contribution >= 4 is 77.9 Å². The molecule has 0 heterocycles. The lowest BCUT2D eigenvalue weighted by Gasteiger charge is -2.21. The summed E-state index contributed by atoms with van der Waals surface area (Å²) in [6.07, 6.45) is 0. The van der Waals surface area contributed by atoms with Crippen molar-refractivity contribution in [3.05, 3.63) is 89.5 Å². The first-order chi connectivity index (χ1) is 25.6. The molecule has 3 amide bonds. The highest BCUT2D eigenvalue weighted by atomic mass is 32.2. The molecule has 3 rings (SSSR count). The summed E-state index contributed by atoms with van der Waals surface area (Å²) in [4.78, 5) is 57.9. The molecule has 300 valence electrons. The third-order valence-electron chi connectivity index (χ3n) is 7.19. The smallest absolute Gasteiger partial charge is 0.327 e. The Kier molecular flexibility index (Phi) is 15.9. The van der Waals surface area contributed by atoms with Crippen molar-refractivity contribution in [2.45, 2.75) is 18.1 Å². The van der Waals surface area contributed by atoms with Crippen LogP contribution in [0.1, 0.15) is 31.1 Å². The Balaban J connectivity index is 1.98. The van der Waals surface area contributed by atoms with Gasteiger partial charge in [0.2, 0.25) is 0 Å². The van der Waals surface area contributed by atoms with Gasteiger partial charge in [-0.3, -0.25) is 38.6 Å². The number of benzene rings is 3. The molecule has 25 heteroatoms. The fourth-order valence-corrected chi connectivity index (χ4v) is 9.11.